The van der Waals surface area contributed by atoms with Gasteiger partial charge in [0, 0.05) is 72.1 Å². The number of carbonyl (C=O) groups is 1. The Bertz CT molecular complexity index is 1580. The molecule has 8 heteroatoms. The van der Waals surface area contributed by atoms with Crippen molar-refractivity contribution in [2.45, 2.75) is 115 Å². The number of likely N-dealkylation sites (N-methyl/N-ethyl adjacent to an activating group) is 1. The van der Waals surface area contributed by atoms with Crippen molar-refractivity contribution in [1.82, 2.24) is 19.5 Å². The predicted molar refractivity (Wildman–Crippen MR) is 233 cm³/mol. The van der Waals surface area contributed by atoms with Gasteiger partial charge in [-0.2, -0.15) is 0 Å². The van der Waals surface area contributed by atoms with Crippen LogP contribution in [0, 0.1) is 34.5 Å². The van der Waals surface area contributed by atoms with Crippen molar-refractivity contribution in [2.24, 2.45) is 34.5 Å². The summed E-state index contributed by atoms with van der Waals surface area (Å²) in [7, 11) is 1.86. The third-order valence-electron chi connectivity index (χ3n) is 16.6. The van der Waals surface area contributed by atoms with Gasteiger partial charge in [-0.15, -0.1) is 0 Å². The van der Waals surface area contributed by atoms with Crippen LogP contribution in [0.25, 0.3) is 0 Å². The van der Waals surface area contributed by atoms with E-state index in [-0.39, 0.29) is 18.3 Å². The normalized spacial score (nSPS) is 38.1. The predicted octanol–water partition coefficient (Wildman–Crippen LogP) is 7.98. The average molecular weight is 779 g/mol. The smallest absolute Gasteiger partial charge is 0.376 e. The number of amides is 1. The molecule has 8 saturated carbocycles. The number of rotatable bonds is 6. The minimum Gasteiger partial charge on any atom is -0.437 e. The van der Waals surface area contributed by atoms with E-state index in [0.29, 0.717) is 28.6 Å². The van der Waals surface area contributed by atoms with Crippen molar-refractivity contribution in [3.8, 4) is 0 Å². The van der Waals surface area contributed by atoms with Crippen LogP contribution in [0.5, 0.6) is 0 Å². The van der Waals surface area contributed by atoms with E-state index < -0.39 is 7.05 Å². The molecule has 3 aliphatic heterocycles. The molecule has 312 valence electrons. The van der Waals surface area contributed by atoms with Gasteiger partial charge in [0.1, 0.15) is 0 Å². The second kappa shape index (κ2) is 17.0. The van der Waals surface area contributed by atoms with Gasteiger partial charge in [-0.3, -0.25) is 4.79 Å². The first-order valence-electron chi connectivity index (χ1n) is 23.0. The third kappa shape index (κ3) is 8.56. The van der Waals surface area contributed by atoms with E-state index in [1.54, 1.807) is 5.56 Å². The monoisotopic (exact) mass is 779 g/mol. The molecule has 2 aromatic carbocycles. The van der Waals surface area contributed by atoms with Gasteiger partial charge >= 0.3 is 7.05 Å². The lowest BCUT2D eigenvalue weighted by atomic mass is 9.42. The van der Waals surface area contributed by atoms with Gasteiger partial charge in [-0.05, 0) is 155 Å². The van der Waals surface area contributed by atoms with Crippen molar-refractivity contribution < 1.29 is 14.6 Å². The number of piperazine rings is 2. The lowest BCUT2D eigenvalue weighted by Crippen LogP contribution is -2.62. The Hall–Kier alpha value is -2.23. The molecule has 57 heavy (non-hydrogen) atoms. The lowest BCUT2D eigenvalue weighted by Gasteiger charge is -2.63. The fraction of sp³-hybridized carbons (Fsp3) is 0.735. The van der Waals surface area contributed by atoms with Gasteiger partial charge in [0.2, 0.25) is 5.91 Å². The highest BCUT2D eigenvalue weighted by Crippen LogP contribution is 2.67. The highest BCUT2D eigenvalue weighted by atomic mass is 16.5. The maximum Gasteiger partial charge on any atom is 0.376 e. The minimum atomic E-state index is -0.414. The molecule has 4 unspecified atom stereocenters. The maximum atomic E-state index is 13.7. The lowest BCUT2D eigenvalue weighted by molar-refractivity contribution is -0.161. The number of hydrogen-bond donors (Lipinski definition) is 1. The van der Waals surface area contributed by atoms with Crippen LogP contribution in [0.2, 0.25) is 6.82 Å². The van der Waals surface area contributed by atoms with Gasteiger partial charge in [0.25, 0.3) is 0 Å². The van der Waals surface area contributed by atoms with Crippen molar-refractivity contribution in [3.63, 3.8) is 0 Å². The van der Waals surface area contributed by atoms with Crippen LogP contribution >= 0.6 is 0 Å². The van der Waals surface area contributed by atoms with Gasteiger partial charge in [0.15, 0.2) is 0 Å². The first kappa shape index (κ1) is 41.5. The number of carbonyl (C=O) groups excluding carboxylic acids is 1. The molecule has 4 atom stereocenters. The molecule has 1 N–H and O–H groups in total. The van der Waals surface area contributed by atoms with E-state index in [1.165, 1.54) is 109 Å². The Balaban J connectivity index is 0.000000141. The molecular weight excluding hydrogens is 703 g/mol. The number of ether oxygens (including phenoxy) is 1. The zero-order valence-electron chi connectivity index (χ0n) is 34.9. The van der Waals surface area contributed by atoms with Gasteiger partial charge in [-0.1, -0.05) is 68.1 Å². The molecule has 0 radical (unpaired) electrons. The molecule has 8 bridgehead atoms. The van der Waals surface area contributed by atoms with E-state index in [0.717, 1.165) is 70.5 Å². The summed E-state index contributed by atoms with van der Waals surface area (Å²) in [6.07, 6.45) is 18.7. The molecule has 8 aliphatic carbocycles. The number of benzene rings is 2. The van der Waals surface area contributed by atoms with Crippen molar-refractivity contribution in [3.05, 3.63) is 71.8 Å². The van der Waals surface area contributed by atoms with Gasteiger partial charge in [-0.25, -0.2) is 0 Å². The summed E-state index contributed by atoms with van der Waals surface area (Å²) in [5.41, 5.74) is 4.35. The molecule has 13 rings (SSSR count). The standard InChI is InChI=1S/C22H31BN2O2.C22H32N2.C4H8O.CH4/c1-23(27)25-9-7-24(8-10-25)20(26)22-14-17-11-18(15-22)13-21(12-17,16-22)19-5-3-2-4-6-19;1-23-7-9-24(10-8-23)17-21-12-18-11-19(13-21)15-22(14-18,16-21)20-5-3-2-4-6-20;1-2-4-5-3-1;/h2-6,17-18,27H,7-16H2,1H3;2-6,18-19H,7-17H2,1H3;1-4H2;1H4. The Morgan fingerprint density at radius 1 is 0.684 bits per heavy atom. The van der Waals surface area contributed by atoms with Crippen LogP contribution in [0.1, 0.15) is 108 Å². The Labute approximate surface area is 346 Å². The van der Waals surface area contributed by atoms with Crippen LogP contribution in [0.3, 0.4) is 0 Å². The SMILES string of the molecule is C.C1CCOC1.CB(O)N1CCN(C(=O)C23CC4CC(C2)CC(c2ccccc2)(C4)C3)CC1.CN1CCN(CC23CC4CC(C2)CC(c2ccccc2)(C4)C3)CC1. The fourth-order valence-corrected chi connectivity index (χ4v) is 15.0. The van der Waals surface area contributed by atoms with Crippen LogP contribution in [0.4, 0.5) is 0 Å². The summed E-state index contributed by atoms with van der Waals surface area (Å²) >= 11 is 0. The summed E-state index contributed by atoms with van der Waals surface area (Å²) < 4.78 is 4.94. The largest absolute Gasteiger partial charge is 0.437 e. The Morgan fingerprint density at radius 3 is 1.65 bits per heavy atom. The molecule has 0 aromatic heterocycles. The first-order chi connectivity index (χ1) is 27.1. The van der Waals surface area contributed by atoms with Crippen molar-refractivity contribution in [2.75, 3.05) is 79.2 Å². The quantitative estimate of drug-likeness (QED) is 0.301. The molecule has 0 spiro atoms. The zero-order valence-corrected chi connectivity index (χ0v) is 34.9. The highest BCUT2D eigenvalue weighted by molar-refractivity contribution is 6.45. The van der Waals surface area contributed by atoms with E-state index in [1.807, 2.05) is 6.82 Å². The summed E-state index contributed by atoms with van der Waals surface area (Å²) in [5.74, 6) is 3.85. The maximum absolute atomic E-state index is 13.7. The molecule has 11 fully saturated rings. The molecule has 1 amide bonds. The minimum absolute atomic E-state index is 0. The fourth-order valence-electron chi connectivity index (χ4n) is 15.0. The molecule has 7 nitrogen and oxygen atoms in total. The van der Waals surface area contributed by atoms with Crippen LogP contribution in [0.15, 0.2) is 60.7 Å². The Kier molecular flexibility index (Phi) is 12.4. The summed E-state index contributed by atoms with van der Waals surface area (Å²) in [4.78, 5) is 23.2. The van der Waals surface area contributed by atoms with E-state index in [2.05, 4.69) is 87.2 Å². The molecule has 3 heterocycles. The average Bonchev–Trinajstić information content (AvgIpc) is 3.80. The molecule has 2 aromatic rings. The molecular formula is C49H75BN4O3. The number of nitrogens with zero attached hydrogens (tertiary/aromatic N) is 4. The van der Waals surface area contributed by atoms with E-state index in [4.69, 9.17) is 4.74 Å². The van der Waals surface area contributed by atoms with Crippen LogP contribution < -0.4 is 0 Å². The zero-order chi connectivity index (χ0) is 38.4. The highest BCUT2D eigenvalue weighted by Gasteiger charge is 2.62. The second-order valence-corrected chi connectivity index (χ2v) is 20.9. The van der Waals surface area contributed by atoms with Crippen LogP contribution in [-0.4, -0.2) is 117 Å². The first-order valence-corrected chi connectivity index (χ1v) is 23.0. The van der Waals surface area contributed by atoms with Gasteiger partial charge < -0.3 is 29.3 Å². The van der Waals surface area contributed by atoms with Crippen molar-refractivity contribution >= 4 is 13.0 Å². The summed E-state index contributed by atoms with van der Waals surface area (Å²) in [6.45, 7) is 13.4. The van der Waals surface area contributed by atoms with Gasteiger partial charge in [0.05, 0.1) is 5.41 Å². The summed E-state index contributed by atoms with van der Waals surface area (Å²) in [6, 6.07) is 22.6. The topological polar surface area (TPSA) is 59.5 Å². The molecule has 3 saturated heterocycles. The second-order valence-electron chi connectivity index (χ2n) is 20.9. The van der Waals surface area contributed by atoms with Crippen LogP contribution in [-0.2, 0) is 20.4 Å². The van der Waals surface area contributed by atoms with E-state index >= 15 is 0 Å². The Morgan fingerprint density at radius 2 is 1.18 bits per heavy atom. The number of hydrogen-bond acceptors (Lipinski definition) is 6. The third-order valence-corrected chi connectivity index (χ3v) is 16.6. The van der Waals surface area contributed by atoms with E-state index in [9.17, 15) is 9.82 Å². The molecule has 11 aliphatic rings. The van der Waals surface area contributed by atoms with Crippen molar-refractivity contribution in [1.29, 1.82) is 0 Å². The summed E-state index contributed by atoms with van der Waals surface area (Å²) in [5, 5.41) is 9.81.